The zero-order chi connectivity index (χ0) is 26.2. The summed E-state index contributed by atoms with van der Waals surface area (Å²) in [6, 6.07) is 50.3. The average Bonchev–Trinajstić information content (AvgIpc) is 3.37. The number of benzene rings is 6. The monoisotopic (exact) mass is 521 g/mol. The SMILES string of the molecule is Clc1cc(N(c2ccc(-c3ccccc3)cc2)c2ccc(-c3ccccc3)cc2)c2c(c1)oc1ccccc12. The summed E-state index contributed by atoms with van der Waals surface area (Å²) in [5, 5.41) is 2.73. The predicted molar refractivity (Wildman–Crippen MR) is 164 cm³/mol. The Balaban J connectivity index is 1.42. The Morgan fingerprint density at radius 2 is 0.949 bits per heavy atom. The van der Waals surface area contributed by atoms with Gasteiger partial charge in [-0.3, -0.25) is 0 Å². The lowest BCUT2D eigenvalue weighted by molar-refractivity contribution is 0.669. The van der Waals surface area contributed by atoms with E-state index in [4.69, 9.17) is 16.0 Å². The van der Waals surface area contributed by atoms with Crippen LogP contribution in [0.4, 0.5) is 17.1 Å². The van der Waals surface area contributed by atoms with Crippen LogP contribution in [0.3, 0.4) is 0 Å². The molecule has 0 fully saturated rings. The zero-order valence-corrected chi connectivity index (χ0v) is 21.8. The van der Waals surface area contributed by atoms with E-state index in [2.05, 4.69) is 108 Å². The van der Waals surface area contributed by atoms with Gasteiger partial charge in [-0.1, -0.05) is 115 Å². The maximum Gasteiger partial charge on any atom is 0.139 e. The average molecular weight is 522 g/mol. The summed E-state index contributed by atoms with van der Waals surface area (Å²) < 4.78 is 6.24. The summed E-state index contributed by atoms with van der Waals surface area (Å²) >= 11 is 6.69. The lowest BCUT2D eigenvalue weighted by Gasteiger charge is -2.27. The first-order chi connectivity index (χ1) is 19.2. The fourth-order valence-electron chi connectivity index (χ4n) is 5.27. The number of fused-ring (bicyclic) bond motifs is 3. The minimum atomic E-state index is 0.628. The lowest BCUT2D eigenvalue weighted by Crippen LogP contribution is -2.10. The highest BCUT2D eigenvalue weighted by Gasteiger charge is 2.20. The molecule has 0 atom stereocenters. The second-order valence-electron chi connectivity index (χ2n) is 9.56. The number of furan rings is 1. The van der Waals surface area contributed by atoms with Gasteiger partial charge in [-0.15, -0.1) is 0 Å². The summed E-state index contributed by atoms with van der Waals surface area (Å²) in [4.78, 5) is 2.26. The Labute approximate surface area is 232 Å². The number of rotatable bonds is 5. The minimum Gasteiger partial charge on any atom is -0.456 e. The quantitative estimate of drug-likeness (QED) is 0.224. The summed E-state index contributed by atoms with van der Waals surface area (Å²) in [6.45, 7) is 0. The van der Waals surface area contributed by atoms with Crippen LogP contribution in [-0.4, -0.2) is 0 Å². The highest BCUT2D eigenvalue weighted by molar-refractivity contribution is 6.32. The van der Waals surface area contributed by atoms with Crippen molar-refractivity contribution in [1.82, 2.24) is 0 Å². The first-order valence-corrected chi connectivity index (χ1v) is 13.3. The summed E-state index contributed by atoms with van der Waals surface area (Å²) in [6.07, 6.45) is 0. The third-order valence-corrected chi connectivity index (χ3v) is 7.35. The van der Waals surface area contributed by atoms with E-state index in [1.54, 1.807) is 0 Å². The third-order valence-electron chi connectivity index (χ3n) is 7.13. The van der Waals surface area contributed by atoms with Crippen molar-refractivity contribution in [1.29, 1.82) is 0 Å². The molecule has 0 bridgehead atoms. The van der Waals surface area contributed by atoms with Crippen LogP contribution in [0.25, 0.3) is 44.2 Å². The number of halogens is 1. The van der Waals surface area contributed by atoms with E-state index in [9.17, 15) is 0 Å². The molecular weight excluding hydrogens is 498 g/mol. The first-order valence-electron chi connectivity index (χ1n) is 13.0. The molecule has 0 aliphatic carbocycles. The van der Waals surface area contributed by atoms with E-state index < -0.39 is 0 Å². The van der Waals surface area contributed by atoms with E-state index in [0.717, 1.165) is 39.0 Å². The molecule has 0 radical (unpaired) electrons. The highest BCUT2D eigenvalue weighted by Crippen LogP contribution is 2.44. The molecule has 186 valence electrons. The van der Waals surface area contributed by atoms with Gasteiger partial charge in [0.25, 0.3) is 0 Å². The van der Waals surface area contributed by atoms with Crippen LogP contribution in [0.5, 0.6) is 0 Å². The van der Waals surface area contributed by atoms with Gasteiger partial charge in [0.05, 0.1) is 11.1 Å². The maximum absolute atomic E-state index is 6.69. The van der Waals surface area contributed by atoms with Crippen LogP contribution in [0.1, 0.15) is 0 Å². The summed E-state index contributed by atoms with van der Waals surface area (Å²) in [7, 11) is 0. The molecule has 1 heterocycles. The molecule has 3 heteroatoms. The third kappa shape index (κ3) is 4.35. The molecule has 39 heavy (non-hydrogen) atoms. The van der Waals surface area contributed by atoms with Gasteiger partial charge >= 0.3 is 0 Å². The number of anilines is 3. The zero-order valence-electron chi connectivity index (χ0n) is 21.1. The maximum atomic E-state index is 6.69. The van der Waals surface area contributed by atoms with Crippen molar-refractivity contribution in [3.63, 3.8) is 0 Å². The van der Waals surface area contributed by atoms with Gasteiger partial charge in [-0.2, -0.15) is 0 Å². The molecule has 0 spiro atoms. The van der Waals surface area contributed by atoms with Crippen LogP contribution >= 0.6 is 11.6 Å². The standard InChI is InChI=1S/C36H24ClNO/c37-29-23-33(36-32-13-7-8-14-34(32)39-35(36)24-29)38(30-19-15-27(16-20-30)25-9-3-1-4-10-25)31-21-17-28(18-22-31)26-11-5-2-6-12-26/h1-24H. The van der Waals surface area contributed by atoms with Crippen LogP contribution in [0.15, 0.2) is 150 Å². The lowest BCUT2D eigenvalue weighted by atomic mass is 10.0. The Kier molecular flexibility index (Phi) is 5.88. The first kappa shape index (κ1) is 23.3. The Morgan fingerprint density at radius 1 is 0.462 bits per heavy atom. The molecule has 0 N–H and O–H groups in total. The van der Waals surface area contributed by atoms with Crippen LogP contribution in [0.2, 0.25) is 5.02 Å². The molecule has 0 aliphatic rings. The van der Waals surface area contributed by atoms with Gasteiger partial charge in [0.15, 0.2) is 0 Å². The van der Waals surface area contributed by atoms with Gasteiger partial charge in [-0.05, 0) is 58.7 Å². The number of para-hydroxylation sites is 1. The van der Waals surface area contributed by atoms with Crippen LogP contribution < -0.4 is 4.90 Å². The van der Waals surface area contributed by atoms with Crippen molar-refractivity contribution in [3.05, 3.63) is 151 Å². The van der Waals surface area contributed by atoms with E-state index in [-0.39, 0.29) is 0 Å². The Morgan fingerprint density at radius 3 is 1.51 bits per heavy atom. The van der Waals surface area contributed by atoms with Crippen LogP contribution in [0, 0.1) is 0 Å². The molecule has 0 aliphatic heterocycles. The van der Waals surface area contributed by atoms with Gasteiger partial charge in [-0.25, -0.2) is 0 Å². The van der Waals surface area contributed by atoms with Gasteiger partial charge in [0.2, 0.25) is 0 Å². The normalized spacial score (nSPS) is 11.2. The van der Waals surface area contributed by atoms with Crippen molar-refractivity contribution in [2.45, 2.75) is 0 Å². The second-order valence-corrected chi connectivity index (χ2v) is 9.99. The molecular formula is C36H24ClNO. The molecule has 0 saturated heterocycles. The molecule has 6 aromatic carbocycles. The largest absolute Gasteiger partial charge is 0.456 e. The summed E-state index contributed by atoms with van der Waals surface area (Å²) in [5.74, 6) is 0. The molecule has 2 nitrogen and oxygen atoms in total. The predicted octanol–water partition coefficient (Wildman–Crippen LogP) is 11.0. The van der Waals surface area contributed by atoms with Gasteiger partial charge in [0.1, 0.15) is 11.2 Å². The van der Waals surface area contributed by atoms with Crippen LogP contribution in [-0.2, 0) is 0 Å². The number of hydrogen-bond acceptors (Lipinski definition) is 2. The Bertz CT molecular complexity index is 1810. The Hall–Kier alpha value is -4.79. The van der Waals surface area contributed by atoms with Crippen molar-refractivity contribution in [2.24, 2.45) is 0 Å². The summed E-state index contributed by atoms with van der Waals surface area (Å²) in [5.41, 5.74) is 9.38. The smallest absolute Gasteiger partial charge is 0.139 e. The molecule has 0 amide bonds. The van der Waals surface area contributed by atoms with E-state index >= 15 is 0 Å². The van der Waals surface area contributed by atoms with Crippen molar-refractivity contribution < 1.29 is 4.42 Å². The minimum absolute atomic E-state index is 0.628. The van der Waals surface area contributed by atoms with E-state index in [1.165, 1.54) is 22.3 Å². The fraction of sp³-hybridized carbons (Fsp3) is 0. The second kappa shape index (κ2) is 9.83. The van der Waals surface area contributed by atoms with E-state index in [0.29, 0.717) is 5.02 Å². The molecule has 1 aromatic heterocycles. The van der Waals surface area contributed by atoms with Crippen molar-refractivity contribution >= 4 is 50.6 Å². The van der Waals surface area contributed by atoms with E-state index in [1.807, 2.05) is 42.5 Å². The van der Waals surface area contributed by atoms with Gasteiger partial charge < -0.3 is 9.32 Å². The number of hydrogen-bond donors (Lipinski definition) is 0. The molecule has 0 saturated carbocycles. The fourth-order valence-corrected chi connectivity index (χ4v) is 5.47. The number of nitrogens with zero attached hydrogens (tertiary/aromatic N) is 1. The van der Waals surface area contributed by atoms with Crippen molar-refractivity contribution in [2.75, 3.05) is 4.90 Å². The molecule has 7 aromatic rings. The molecule has 7 rings (SSSR count). The highest BCUT2D eigenvalue weighted by atomic mass is 35.5. The topological polar surface area (TPSA) is 16.4 Å². The van der Waals surface area contributed by atoms with Crippen molar-refractivity contribution in [3.8, 4) is 22.3 Å². The molecule has 0 unspecified atom stereocenters. The van der Waals surface area contributed by atoms with Gasteiger partial charge in [0, 0.05) is 27.8 Å².